The Hall–Kier alpha value is -0.690. The second kappa shape index (κ2) is 5.13. The van der Waals surface area contributed by atoms with Gasteiger partial charge in [-0.15, -0.1) is 0 Å². The highest BCUT2D eigenvalue weighted by Crippen LogP contribution is 2.31. The van der Waals surface area contributed by atoms with Crippen molar-refractivity contribution in [3.63, 3.8) is 0 Å². The Morgan fingerprint density at radius 3 is 2.78 bits per heavy atom. The molecule has 7 heteroatoms. The van der Waals surface area contributed by atoms with E-state index in [2.05, 4.69) is 4.72 Å². The van der Waals surface area contributed by atoms with Crippen LogP contribution >= 0.6 is 11.6 Å². The number of sulfonamides is 1. The molecule has 3 N–H and O–H groups in total. The molecule has 0 heterocycles. The molecule has 18 heavy (non-hydrogen) atoms. The minimum Gasteiger partial charge on any atom is -0.326 e. The van der Waals surface area contributed by atoms with Crippen LogP contribution in [0.2, 0.25) is 5.02 Å². The molecule has 4 nitrogen and oxygen atoms in total. The lowest BCUT2D eigenvalue weighted by Gasteiger charge is -2.12. The van der Waals surface area contributed by atoms with E-state index in [-0.39, 0.29) is 17.6 Å². The van der Waals surface area contributed by atoms with Gasteiger partial charge in [-0.2, -0.15) is 0 Å². The predicted molar refractivity (Wildman–Crippen MR) is 67.3 cm³/mol. The summed E-state index contributed by atoms with van der Waals surface area (Å²) in [5.74, 6) is -0.566. The molecular weight excluding hydrogens is 279 g/mol. The van der Waals surface area contributed by atoms with Crippen molar-refractivity contribution in [2.45, 2.75) is 23.8 Å². The Morgan fingerprint density at radius 1 is 1.50 bits per heavy atom. The first-order valence-electron chi connectivity index (χ1n) is 5.61. The van der Waals surface area contributed by atoms with E-state index in [1.165, 1.54) is 18.2 Å². The summed E-state index contributed by atoms with van der Waals surface area (Å²) in [5, 5.41) is -0.218. The molecule has 1 aliphatic rings. The smallest absolute Gasteiger partial charge is 0.243 e. The van der Waals surface area contributed by atoms with Gasteiger partial charge in [0.05, 0.1) is 5.02 Å². The van der Waals surface area contributed by atoms with Crippen LogP contribution < -0.4 is 10.5 Å². The van der Waals surface area contributed by atoms with Crippen LogP contribution in [-0.2, 0) is 10.0 Å². The largest absolute Gasteiger partial charge is 0.326 e. The summed E-state index contributed by atoms with van der Waals surface area (Å²) in [6.45, 7) is 0.110. The van der Waals surface area contributed by atoms with Crippen LogP contribution in [0.4, 0.5) is 4.39 Å². The van der Waals surface area contributed by atoms with Crippen molar-refractivity contribution < 1.29 is 12.8 Å². The molecule has 0 aromatic heterocycles. The lowest BCUT2D eigenvalue weighted by molar-refractivity contribution is 0.536. The van der Waals surface area contributed by atoms with Gasteiger partial charge in [0.2, 0.25) is 10.0 Å². The van der Waals surface area contributed by atoms with Crippen LogP contribution in [0.3, 0.4) is 0 Å². The van der Waals surface area contributed by atoms with Gasteiger partial charge in [-0.25, -0.2) is 17.5 Å². The second-order valence-electron chi connectivity index (χ2n) is 4.41. The highest BCUT2D eigenvalue weighted by atomic mass is 35.5. The first kappa shape index (κ1) is 13.7. The third-order valence-corrected chi connectivity index (χ3v) is 4.68. The average molecular weight is 293 g/mol. The molecule has 100 valence electrons. The predicted octanol–water partition coefficient (Wildman–Crippen LogP) is 1.49. The molecule has 2 rings (SSSR count). The molecule has 1 atom stereocenters. The Bertz CT molecular complexity index is 546. The monoisotopic (exact) mass is 292 g/mol. The van der Waals surface area contributed by atoms with Gasteiger partial charge in [0, 0.05) is 12.6 Å². The summed E-state index contributed by atoms with van der Waals surface area (Å²) in [6, 6.07) is 3.64. The van der Waals surface area contributed by atoms with Crippen molar-refractivity contribution in [1.82, 2.24) is 4.72 Å². The van der Waals surface area contributed by atoms with Crippen molar-refractivity contribution in [2.24, 2.45) is 11.7 Å². The zero-order valence-electron chi connectivity index (χ0n) is 9.57. The zero-order chi connectivity index (χ0) is 13.3. The first-order valence-corrected chi connectivity index (χ1v) is 7.47. The van der Waals surface area contributed by atoms with Crippen LogP contribution in [0.1, 0.15) is 12.8 Å². The third kappa shape index (κ3) is 3.00. The molecule has 1 unspecified atom stereocenters. The molecule has 0 spiro atoms. The molecule has 0 bridgehead atoms. The van der Waals surface area contributed by atoms with Crippen LogP contribution in [0.25, 0.3) is 0 Å². The van der Waals surface area contributed by atoms with Crippen LogP contribution in [0.5, 0.6) is 0 Å². The number of hydrogen-bond acceptors (Lipinski definition) is 3. The highest BCUT2D eigenvalue weighted by molar-refractivity contribution is 7.89. The number of nitrogens with one attached hydrogen (secondary N) is 1. The molecule has 0 radical (unpaired) electrons. The van der Waals surface area contributed by atoms with Crippen molar-refractivity contribution in [2.75, 3.05) is 6.54 Å². The van der Waals surface area contributed by atoms with E-state index in [9.17, 15) is 12.8 Å². The SMILES string of the molecule is NC(CNS(=O)(=O)c1cccc(Cl)c1F)C1CC1. The maximum atomic E-state index is 13.6. The minimum absolute atomic E-state index is 0.110. The van der Waals surface area contributed by atoms with E-state index in [4.69, 9.17) is 17.3 Å². The van der Waals surface area contributed by atoms with Gasteiger partial charge in [0.15, 0.2) is 5.82 Å². The summed E-state index contributed by atoms with van der Waals surface area (Å²) in [7, 11) is -3.90. The maximum absolute atomic E-state index is 13.6. The van der Waals surface area contributed by atoms with E-state index in [1.54, 1.807) is 0 Å². The quantitative estimate of drug-likeness (QED) is 0.864. The number of rotatable bonds is 5. The molecule has 1 saturated carbocycles. The first-order chi connectivity index (χ1) is 8.42. The summed E-state index contributed by atoms with van der Waals surface area (Å²) < 4.78 is 39.7. The second-order valence-corrected chi connectivity index (χ2v) is 6.55. The summed E-state index contributed by atoms with van der Waals surface area (Å²) >= 11 is 5.55. The molecule has 1 aliphatic carbocycles. The number of benzene rings is 1. The van der Waals surface area contributed by atoms with E-state index >= 15 is 0 Å². The van der Waals surface area contributed by atoms with Gasteiger partial charge in [0.1, 0.15) is 4.90 Å². The van der Waals surface area contributed by atoms with Crippen molar-refractivity contribution in [3.8, 4) is 0 Å². The van der Waals surface area contributed by atoms with E-state index in [1.807, 2.05) is 0 Å². The zero-order valence-corrected chi connectivity index (χ0v) is 11.1. The topological polar surface area (TPSA) is 72.2 Å². The Morgan fingerprint density at radius 2 is 2.17 bits per heavy atom. The Balaban J connectivity index is 2.12. The van der Waals surface area contributed by atoms with Gasteiger partial charge < -0.3 is 5.73 Å². The van der Waals surface area contributed by atoms with Gasteiger partial charge in [-0.1, -0.05) is 17.7 Å². The van der Waals surface area contributed by atoms with E-state index in [0.29, 0.717) is 5.92 Å². The van der Waals surface area contributed by atoms with Gasteiger partial charge >= 0.3 is 0 Å². The standard InChI is InChI=1S/C11H14ClFN2O2S/c12-8-2-1-3-10(11(8)13)18(16,17)15-6-9(14)7-4-5-7/h1-3,7,9,15H,4-6,14H2. The van der Waals surface area contributed by atoms with Crippen LogP contribution in [0.15, 0.2) is 23.1 Å². The number of halogens is 2. The van der Waals surface area contributed by atoms with Crippen molar-refractivity contribution in [1.29, 1.82) is 0 Å². The summed E-state index contributed by atoms with van der Waals surface area (Å²) in [5.41, 5.74) is 5.79. The molecule has 1 aromatic rings. The number of nitrogens with two attached hydrogens (primary N) is 1. The fraction of sp³-hybridized carbons (Fsp3) is 0.455. The number of hydrogen-bond donors (Lipinski definition) is 2. The van der Waals surface area contributed by atoms with Crippen molar-refractivity contribution in [3.05, 3.63) is 29.0 Å². The van der Waals surface area contributed by atoms with Gasteiger partial charge in [-0.05, 0) is 30.9 Å². The van der Waals surface area contributed by atoms with Crippen LogP contribution in [-0.4, -0.2) is 21.0 Å². The normalized spacial score (nSPS) is 17.7. The molecule has 1 aromatic carbocycles. The fourth-order valence-corrected chi connectivity index (χ4v) is 3.07. The highest BCUT2D eigenvalue weighted by Gasteiger charge is 2.30. The summed E-state index contributed by atoms with van der Waals surface area (Å²) in [4.78, 5) is -0.446. The molecule has 0 aliphatic heterocycles. The van der Waals surface area contributed by atoms with Crippen molar-refractivity contribution >= 4 is 21.6 Å². The lowest BCUT2D eigenvalue weighted by Crippen LogP contribution is -2.38. The maximum Gasteiger partial charge on any atom is 0.243 e. The lowest BCUT2D eigenvalue weighted by atomic mass is 10.2. The van der Waals surface area contributed by atoms with E-state index < -0.39 is 20.7 Å². The minimum atomic E-state index is -3.90. The van der Waals surface area contributed by atoms with Crippen LogP contribution in [0, 0.1) is 11.7 Å². The molecule has 1 fully saturated rings. The summed E-state index contributed by atoms with van der Waals surface area (Å²) in [6.07, 6.45) is 2.04. The van der Waals surface area contributed by atoms with E-state index in [0.717, 1.165) is 12.8 Å². The molecule has 0 amide bonds. The van der Waals surface area contributed by atoms with Gasteiger partial charge in [0.25, 0.3) is 0 Å². The fourth-order valence-electron chi connectivity index (χ4n) is 1.67. The Labute approximate surface area is 110 Å². The Kier molecular flexibility index (Phi) is 3.91. The third-order valence-electron chi connectivity index (χ3n) is 2.94. The average Bonchev–Trinajstić information content (AvgIpc) is 3.13. The molecule has 0 saturated heterocycles. The van der Waals surface area contributed by atoms with Gasteiger partial charge in [-0.3, -0.25) is 0 Å². The molecular formula is C11H14ClFN2O2S.